The molecule has 2 rings (SSSR count). The fourth-order valence-electron chi connectivity index (χ4n) is 1.90. The number of piperazine rings is 1. The average Bonchev–Trinajstić information content (AvgIpc) is 2.42. The van der Waals surface area contributed by atoms with Crippen LogP contribution in [0.25, 0.3) is 0 Å². The minimum absolute atomic E-state index is 0.245. The summed E-state index contributed by atoms with van der Waals surface area (Å²) in [7, 11) is -3.93. The maximum Gasteiger partial charge on any atom is 0.337 e. The van der Waals surface area contributed by atoms with E-state index in [1.165, 1.54) is 4.31 Å². The molecule has 1 saturated heterocycles. The highest BCUT2D eigenvalue weighted by Crippen LogP contribution is 2.26. The van der Waals surface area contributed by atoms with Crippen LogP contribution in [0.5, 0.6) is 0 Å². The number of carbonyl (C=O) groups is 1. The summed E-state index contributed by atoms with van der Waals surface area (Å²) in [5.41, 5.74) is -0.569. The quantitative estimate of drug-likeness (QED) is 0.858. The smallest absolute Gasteiger partial charge is 0.337 e. The van der Waals surface area contributed by atoms with Gasteiger partial charge in [-0.15, -0.1) is 0 Å². The number of halogens is 2. The molecular formula is C11H12ClFN2O4S. The second-order valence-corrected chi connectivity index (χ2v) is 6.54. The van der Waals surface area contributed by atoms with Crippen LogP contribution >= 0.6 is 11.6 Å². The van der Waals surface area contributed by atoms with E-state index in [0.717, 1.165) is 12.1 Å². The summed E-state index contributed by atoms with van der Waals surface area (Å²) in [5.74, 6) is -2.55. The predicted molar refractivity (Wildman–Crippen MR) is 70.0 cm³/mol. The first-order valence-electron chi connectivity index (χ1n) is 5.77. The summed E-state index contributed by atoms with van der Waals surface area (Å²) >= 11 is 5.52. The Morgan fingerprint density at radius 1 is 1.35 bits per heavy atom. The van der Waals surface area contributed by atoms with Gasteiger partial charge in [0.1, 0.15) is 5.82 Å². The zero-order chi connectivity index (χ0) is 14.9. The van der Waals surface area contributed by atoms with E-state index in [4.69, 9.17) is 16.7 Å². The van der Waals surface area contributed by atoms with Gasteiger partial charge in [0, 0.05) is 26.2 Å². The summed E-state index contributed by atoms with van der Waals surface area (Å²) < 4.78 is 39.4. The Labute approximate surface area is 120 Å². The molecular weight excluding hydrogens is 311 g/mol. The maximum absolute atomic E-state index is 13.6. The van der Waals surface area contributed by atoms with E-state index < -0.39 is 37.3 Å². The molecule has 0 saturated carbocycles. The highest BCUT2D eigenvalue weighted by Gasteiger charge is 2.28. The lowest BCUT2D eigenvalue weighted by Crippen LogP contribution is -2.46. The molecule has 1 heterocycles. The van der Waals surface area contributed by atoms with Crippen LogP contribution in [0.3, 0.4) is 0 Å². The number of carboxylic acid groups (broad SMARTS) is 1. The Hall–Kier alpha value is -1.22. The van der Waals surface area contributed by atoms with E-state index in [1.807, 2.05) is 0 Å². The van der Waals surface area contributed by atoms with E-state index in [9.17, 15) is 17.6 Å². The van der Waals surface area contributed by atoms with Crippen molar-refractivity contribution in [3.05, 3.63) is 28.5 Å². The molecule has 1 aromatic carbocycles. The van der Waals surface area contributed by atoms with Crippen molar-refractivity contribution in [1.82, 2.24) is 9.62 Å². The van der Waals surface area contributed by atoms with Crippen molar-refractivity contribution in [3.8, 4) is 0 Å². The monoisotopic (exact) mass is 322 g/mol. The van der Waals surface area contributed by atoms with Gasteiger partial charge in [-0.25, -0.2) is 17.6 Å². The number of nitrogens with zero attached hydrogens (tertiary/aromatic N) is 1. The van der Waals surface area contributed by atoms with E-state index in [-0.39, 0.29) is 13.1 Å². The topological polar surface area (TPSA) is 86.7 Å². The van der Waals surface area contributed by atoms with Crippen molar-refractivity contribution in [2.24, 2.45) is 0 Å². The number of aromatic carboxylic acids is 1. The van der Waals surface area contributed by atoms with Crippen LogP contribution in [-0.2, 0) is 10.0 Å². The number of carboxylic acids is 1. The lowest BCUT2D eigenvalue weighted by atomic mass is 10.2. The molecule has 2 N–H and O–H groups in total. The molecule has 20 heavy (non-hydrogen) atoms. The number of benzene rings is 1. The first-order chi connectivity index (χ1) is 9.34. The maximum atomic E-state index is 13.6. The molecule has 1 aliphatic heterocycles. The van der Waals surface area contributed by atoms with Gasteiger partial charge in [-0.1, -0.05) is 11.6 Å². The number of sulfonamides is 1. The Bertz CT molecular complexity index is 644. The third-order valence-corrected chi connectivity index (χ3v) is 5.21. The van der Waals surface area contributed by atoms with Crippen molar-refractivity contribution in [3.63, 3.8) is 0 Å². The van der Waals surface area contributed by atoms with Crippen LogP contribution < -0.4 is 5.32 Å². The van der Waals surface area contributed by atoms with E-state index >= 15 is 0 Å². The summed E-state index contributed by atoms with van der Waals surface area (Å²) in [5, 5.41) is 11.3. The first-order valence-corrected chi connectivity index (χ1v) is 7.59. The normalized spacial score (nSPS) is 17.1. The Kier molecular flexibility index (Phi) is 4.28. The van der Waals surface area contributed by atoms with Gasteiger partial charge in [-0.3, -0.25) is 0 Å². The molecule has 0 amide bonds. The Morgan fingerprint density at radius 2 is 1.95 bits per heavy atom. The molecule has 0 atom stereocenters. The molecule has 9 heteroatoms. The highest BCUT2D eigenvalue weighted by molar-refractivity contribution is 7.89. The van der Waals surface area contributed by atoms with Gasteiger partial charge in [0.2, 0.25) is 10.0 Å². The average molecular weight is 323 g/mol. The van der Waals surface area contributed by atoms with Crippen molar-refractivity contribution < 1.29 is 22.7 Å². The summed E-state index contributed by atoms with van der Waals surface area (Å²) in [6.07, 6.45) is 0. The third kappa shape index (κ3) is 2.78. The SMILES string of the molecule is O=C(O)c1cc(S(=O)(=O)N2CCNCC2)cc(F)c1Cl. The van der Waals surface area contributed by atoms with Crippen molar-refractivity contribution in [2.45, 2.75) is 4.90 Å². The largest absolute Gasteiger partial charge is 0.478 e. The van der Waals surface area contributed by atoms with Crippen LogP contribution in [0, 0.1) is 5.82 Å². The van der Waals surface area contributed by atoms with Gasteiger partial charge in [-0.2, -0.15) is 4.31 Å². The lowest BCUT2D eigenvalue weighted by molar-refractivity contribution is 0.0696. The van der Waals surface area contributed by atoms with E-state index in [0.29, 0.717) is 13.1 Å². The molecule has 1 aliphatic rings. The second kappa shape index (κ2) is 5.65. The highest BCUT2D eigenvalue weighted by atomic mass is 35.5. The van der Waals surface area contributed by atoms with Crippen molar-refractivity contribution in [2.75, 3.05) is 26.2 Å². The van der Waals surface area contributed by atoms with E-state index in [1.54, 1.807) is 0 Å². The van der Waals surface area contributed by atoms with Crippen LogP contribution in [0.15, 0.2) is 17.0 Å². The lowest BCUT2D eigenvalue weighted by Gasteiger charge is -2.26. The molecule has 0 spiro atoms. The van der Waals surface area contributed by atoms with Gasteiger partial charge in [0.05, 0.1) is 15.5 Å². The van der Waals surface area contributed by atoms with Crippen LogP contribution in [0.1, 0.15) is 10.4 Å². The molecule has 1 aromatic rings. The summed E-state index contributed by atoms with van der Waals surface area (Å²) in [4.78, 5) is 10.6. The summed E-state index contributed by atoms with van der Waals surface area (Å²) in [6.45, 7) is 1.46. The van der Waals surface area contributed by atoms with Gasteiger partial charge >= 0.3 is 5.97 Å². The zero-order valence-corrected chi connectivity index (χ0v) is 11.8. The molecule has 6 nitrogen and oxygen atoms in total. The zero-order valence-electron chi connectivity index (χ0n) is 10.3. The first kappa shape index (κ1) is 15.2. The van der Waals surface area contributed by atoms with Gasteiger partial charge in [0.15, 0.2) is 0 Å². The minimum atomic E-state index is -3.93. The van der Waals surface area contributed by atoms with Crippen molar-refractivity contribution in [1.29, 1.82) is 0 Å². The van der Waals surface area contributed by atoms with Crippen LogP contribution in [0.4, 0.5) is 4.39 Å². The van der Waals surface area contributed by atoms with Crippen molar-refractivity contribution >= 4 is 27.6 Å². The molecule has 0 bridgehead atoms. The van der Waals surface area contributed by atoms with Gasteiger partial charge in [-0.05, 0) is 12.1 Å². The number of nitrogens with one attached hydrogen (secondary N) is 1. The molecule has 110 valence electrons. The Morgan fingerprint density at radius 3 is 2.50 bits per heavy atom. The van der Waals surface area contributed by atoms with Gasteiger partial charge < -0.3 is 10.4 Å². The standard InChI is InChI=1S/C11H12ClFN2O4S/c12-10-8(11(16)17)5-7(6-9(10)13)20(18,19)15-3-1-14-2-4-15/h5-6,14H,1-4H2,(H,16,17). The fraction of sp³-hybridized carbons (Fsp3) is 0.364. The fourth-order valence-corrected chi connectivity index (χ4v) is 3.57. The third-order valence-electron chi connectivity index (χ3n) is 2.95. The molecule has 1 fully saturated rings. The molecule has 0 radical (unpaired) electrons. The minimum Gasteiger partial charge on any atom is -0.478 e. The number of rotatable bonds is 3. The van der Waals surface area contributed by atoms with Gasteiger partial charge in [0.25, 0.3) is 0 Å². The summed E-state index contributed by atoms with van der Waals surface area (Å²) in [6, 6.07) is 1.62. The molecule has 0 aromatic heterocycles. The molecule has 0 unspecified atom stereocenters. The predicted octanol–water partition coefficient (Wildman–Crippen LogP) is 0.771. The number of hydrogen-bond donors (Lipinski definition) is 2. The Balaban J connectivity index is 2.49. The number of hydrogen-bond acceptors (Lipinski definition) is 4. The molecule has 0 aliphatic carbocycles. The second-order valence-electron chi connectivity index (χ2n) is 4.23. The van der Waals surface area contributed by atoms with Crippen LogP contribution in [0.2, 0.25) is 5.02 Å². The van der Waals surface area contributed by atoms with Crippen LogP contribution in [-0.4, -0.2) is 50.0 Å². The van der Waals surface area contributed by atoms with E-state index in [2.05, 4.69) is 5.32 Å².